The molecule has 0 aromatic heterocycles. The lowest BCUT2D eigenvalue weighted by Gasteiger charge is -2.26. The number of carbonyl (C=O) groups is 1. The van der Waals surface area contributed by atoms with Crippen LogP contribution < -0.4 is 11.1 Å². The number of hydrogen-bond acceptors (Lipinski definition) is 4. The number of halogens is 1. The van der Waals surface area contributed by atoms with Gasteiger partial charge in [-0.05, 0) is 75.3 Å². The van der Waals surface area contributed by atoms with Crippen molar-refractivity contribution in [1.29, 1.82) is 0 Å². The van der Waals surface area contributed by atoms with Gasteiger partial charge in [-0.3, -0.25) is 4.79 Å². The van der Waals surface area contributed by atoms with Gasteiger partial charge in [0.1, 0.15) is 0 Å². The van der Waals surface area contributed by atoms with Gasteiger partial charge in [0.15, 0.2) is 0 Å². The Hall–Kier alpha value is -0.790. The maximum atomic E-state index is 12.1. The van der Waals surface area contributed by atoms with Crippen molar-refractivity contribution in [3.8, 4) is 0 Å². The molecule has 1 amide bonds. The van der Waals surface area contributed by atoms with Crippen LogP contribution in [0, 0.1) is 11.8 Å². The van der Waals surface area contributed by atoms with Crippen molar-refractivity contribution < 1.29 is 15.4 Å². The van der Waals surface area contributed by atoms with Crippen LogP contribution in [0.5, 0.6) is 0 Å². The molecule has 31 heavy (non-hydrogen) atoms. The van der Waals surface area contributed by atoms with Crippen molar-refractivity contribution in [3.63, 3.8) is 0 Å². The number of nitrogens with one attached hydrogen (secondary N) is 1. The van der Waals surface area contributed by atoms with Crippen molar-refractivity contribution >= 4 is 29.3 Å². The van der Waals surface area contributed by atoms with E-state index in [1.54, 1.807) is 0 Å². The van der Waals surface area contributed by atoms with Crippen LogP contribution in [-0.2, 0) is 4.79 Å². The van der Waals surface area contributed by atoms with Gasteiger partial charge in [0.25, 0.3) is 0 Å². The summed E-state index contributed by atoms with van der Waals surface area (Å²) in [6.07, 6.45) is 12.5. The molecule has 2 aliphatic rings. The van der Waals surface area contributed by atoms with E-state index in [4.69, 9.17) is 22.4 Å². The Labute approximate surface area is 198 Å². The predicted molar refractivity (Wildman–Crippen MR) is 135 cm³/mol. The number of rotatable bonds is 7. The zero-order valence-corrected chi connectivity index (χ0v) is 20.6. The average Bonchev–Trinajstić information content (AvgIpc) is 2.82. The van der Waals surface area contributed by atoms with Gasteiger partial charge in [-0.15, -0.1) is 0 Å². The number of nitrogens with two attached hydrogens (primary N) is 1. The highest BCUT2D eigenvalue weighted by Gasteiger charge is 2.25. The van der Waals surface area contributed by atoms with Crippen molar-refractivity contribution in [2.45, 2.75) is 69.5 Å². The van der Waals surface area contributed by atoms with Gasteiger partial charge in [0.2, 0.25) is 5.91 Å². The third-order valence-corrected chi connectivity index (χ3v) is 7.53. The Kier molecular flexibility index (Phi) is 19.4. The van der Waals surface area contributed by atoms with E-state index < -0.39 is 0 Å². The summed E-state index contributed by atoms with van der Waals surface area (Å²) in [5.41, 5.74) is 5.70. The number of carbonyl (C=O) groups excluding carboxylic acids is 1. The number of aliphatic hydroxyl groups excluding tert-OH is 1. The zero-order chi connectivity index (χ0) is 22.0. The van der Waals surface area contributed by atoms with Crippen LogP contribution in [0.15, 0.2) is 30.3 Å². The first-order chi connectivity index (χ1) is 14.7. The Morgan fingerprint density at radius 2 is 1.68 bits per heavy atom. The Balaban J connectivity index is 0.000000758. The lowest BCUT2D eigenvalue weighted by Crippen LogP contribution is -2.35. The van der Waals surface area contributed by atoms with E-state index in [-0.39, 0.29) is 17.3 Å². The number of amides is 1. The van der Waals surface area contributed by atoms with Crippen LogP contribution in [0.1, 0.15) is 64.2 Å². The lowest BCUT2D eigenvalue weighted by molar-refractivity contribution is -0.126. The molecular formula is C24H43ClN2O3S. The van der Waals surface area contributed by atoms with Crippen molar-refractivity contribution in [2.75, 3.05) is 26.0 Å². The molecule has 2 aliphatic carbocycles. The van der Waals surface area contributed by atoms with Crippen LogP contribution in [0.25, 0.3) is 0 Å². The SMILES string of the molecule is CO.Clc1ccccc1.NCC1CCC(C(=O)NCCCSC2CCCCC2)CC1.O. The third kappa shape index (κ3) is 14.1. The summed E-state index contributed by atoms with van der Waals surface area (Å²) in [5, 5.41) is 11.8. The van der Waals surface area contributed by atoms with Crippen LogP contribution >= 0.6 is 23.4 Å². The largest absolute Gasteiger partial charge is 0.412 e. The topological polar surface area (TPSA) is 107 Å². The van der Waals surface area contributed by atoms with Gasteiger partial charge in [-0.1, -0.05) is 49.1 Å². The fourth-order valence-electron chi connectivity index (χ4n) is 3.98. The quantitative estimate of drug-likeness (QED) is 0.507. The van der Waals surface area contributed by atoms with Crippen LogP contribution in [0.2, 0.25) is 5.02 Å². The molecule has 1 aromatic carbocycles. The maximum Gasteiger partial charge on any atom is 0.223 e. The standard InChI is InChI=1S/C17H32N2OS.C6H5Cl.CH4O.H2O/c18-13-14-7-9-15(10-8-14)17(20)19-11-4-12-21-16-5-2-1-3-6-16;7-6-4-2-1-3-5-6;1-2;/h14-16H,1-13,18H2,(H,19,20);1-5H;2H,1H3;1H2. The average molecular weight is 475 g/mol. The summed E-state index contributed by atoms with van der Waals surface area (Å²) in [6.45, 7) is 1.64. The number of thioether (sulfide) groups is 1. The van der Waals surface area contributed by atoms with E-state index in [9.17, 15) is 4.79 Å². The van der Waals surface area contributed by atoms with Crippen LogP contribution in [0.4, 0.5) is 0 Å². The Morgan fingerprint density at radius 3 is 2.19 bits per heavy atom. The third-order valence-electron chi connectivity index (χ3n) is 5.81. The normalized spacial score (nSPS) is 20.8. The van der Waals surface area contributed by atoms with E-state index in [0.29, 0.717) is 5.92 Å². The second-order valence-corrected chi connectivity index (χ2v) is 9.87. The molecule has 3 rings (SSSR count). The molecule has 0 radical (unpaired) electrons. The zero-order valence-electron chi connectivity index (χ0n) is 19.0. The van der Waals surface area contributed by atoms with E-state index in [1.165, 1.54) is 37.9 Å². The van der Waals surface area contributed by atoms with Crippen LogP contribution in [-0.4, -0.2) is 47.7 Å². The van der Waals surface area contributed by atoms with Gasteiger partial charge in [-0.25, -0.2) is 0 Å². The van der Waals surface area contributed by atoms with Crippen molar-refractivity contribution in [1.82, 2.24) is 5.32 Å². The first-order valence-electron chi connectivity index (χ1n) is 11.4. The van der Waals surface area contributed by atoms with Gasteiger partial charge in [0.05, 0.1) is 0 Å². The minimum atomic E-state index is 0. The van der Waals surface area contributed by atoms with Gasteiger partial charge in [-0.2, -0.15) is 11.8 Å². The summed E-state index contributed by atoms with van der Waals surface area (Å²) in [7, 11) is 1.00. The molecule has 1 aromatic rings. The van der Waals surface area contributed by atoms with Crippen LogP contribution in [0.3, 0.4) is 0 Å². The van der Waals surface area contributed by atoms with Gasteiger partial charge in [0, 0.05) is 29.8 Å². The van der Waals surface area contributed by atoms with Crippen molar-refractivity contribution in [3.05, 3.63) is 35.4 Å². The molecule has 0 heterocycles. The number of aliphatic hydroxyl groups is 1. The van der Waals surface area contributed by atoms with Crippen molar-refractivity contribution in [2.24, 2.45) is 17.6 Å². The smallest absolute Gasteiger partial charge is 0.223 e. The van der Waals surface area contributed by atoms with Gasteiger partial charge >= 0.3 is 0 Å². The van der Waals surface area contributed by atoms with E-state index in [0.717, 1.165) is 62.6 Å². The maximum absolute atomic E-state index is 12.1. The molecule has 0 bridgehead atoms. The van der Waals surface area contributed by atoms with Gasteiger partial charge < -0.3 is 21.6 Å². The number of hydrogen-bond donors (Lipinski definition) is 3. The van der Waals surface area contributed by atoms with E-state index >= 15 is 0 Å². The minimum absolute atomic E-state index is 0. The summed E-state index contributed by atoms with van der Waals surface area (Å²) >= 11 is 7.66. The molecule has 0 unspecified atom stereocenters. The molecule has 2 saturated carbocycles. The highest BCUT2D eigenvalue weighted by Crippen LogP contribution is 2.29. The first kappa shape index (κ1) is 30.2. The molecule has 6 N–H and O–H groups in total. The monoisotopic (exact) mass is 474 g/mol. The Morgan fingerprint density at radius 1 is 1.06 bits per heavy atom. The first-order valence-corrected chi connectivity index (χ1v) is 12.9. The molecule has 5 nitrogen and oxygen atoms in total. The van der Waals surface area contributed by atoms with E-state index in [2.05, 4.69) is 17.1 Å². The lowest BCUT2D eigenvalue weighted by atomic mass is 9.81. The second-order valence-electron chi connectivity index (χ2n) is 8.02. The molecule has 0 aliphatic heterocycles. The Bertz CT molecular complexity index is 537. The molecule has 0 spiro atoms. The second kappa shape index (κ2) is 19.9. The molecular weight excluding hydrogens is 432 g/mol. The van der Waals surface area contributed by atoms with E-state index in [1.807, 2.05) is 30.3 Å². The minimum Gasteiger partial charge on any atom is -0.412 e. The highest BCUT2D eigenvalue weighted by atomic mass is 35.5. The molecule has 7 heteroatoms. The molecule has 0 saturated heterocycles. The predicted octanol–water partition coefficient (Wildman–Crippen LogP) is 4.45. The summed E-state index contributed by atoms with van der Waals surface area (Å²) in [6, 6.07) is 9.44. The fraction of sp³-hybridized carbons (Fsp3) is 0.708. The summed E-state index contributed by atoms with van der Waals surface area (Å²) < 4.78 is 0. The fourth-order valence-corrected chi connectivity index (χ4v) is 5.44. The summed E-state index contributed by atoms with van der Waals surface area (Å²) in [5.74, 6) is 2.39. The molecule has 180 valence electrons. The number of benzene rings is 1. The molecule has 2 fully saturated rings. The highest BCUT2D eigenvalue weighted by molar-refractivity contribution is 7.99. The molecule has 0 atom stereocenters. The summed E-state index contributed by atoms with van der Waals surface area (Å²) in [4.78, 5) is 12.1.